The van der Waals surface area contributed by atoms with E-state index in [1.807, 2.05) is 7.05 Å². The number of nitrogens with one attached hydrogen (secondary N) is 1. The standard InChI is InChI=1S/C7H15N2O/c1-6(8-2)7-3-4-9-5-10-7/h6-8H,3-5H2,1-2H3. The highest BCUT2D eigenvalue weighted by Crippen LogP contribution is 2.06. The van der Waals surface area contributed by atoms with Crippen LogP contribution in [0.5, 0.6) is 0 Å². The van der Waals surface area contributed by atoms with Gasteiger partial charge in [-0.1, -0.05) is 0 Å². The van der Waals surface area contributed by atoms with Crippen LogP contribution in [-0.4, -0.2) is 32.5 Å². The lowest BCUT2D eigenvalue weighted by molar-refractivity contribution is -0.0120. The largest absolute Gasteiger partial charge is 0.360 e. The molecule has 3 nitrogen and oxygen atoms in total. The molecule has 1 N–H and O–H groups in total. The number of likely N-dealkylation sites (N-methyl/N-ethyl adjacent to an activating group) is 1. The Hall–Kier alpha value is -0.120. The van der Waals surface area contributed by atoms with Gasteiger partial charge < -0.3 is 10.1 Å². The van der Waals surface area contributed by atoms with E-state index in [2.05, 4.69) is 17.6 Å². The number of nitrogens with zero attached hydrogens (tertiary/aromatic N) is 1. The van der Waals surface area contributed by atoms with Crippen molar-refractivity contribution >= 4 is 0 Å². The van der Waals surface area contributed by atoms with Gasteiger partial charge in [-0.05, 0) is 20.4 Å². The van der Waals surface area contributed by atoms with E-state index < -0.39 is 0 Å². The maximum absolute atomic E-state index is 5.40. The summed E-state index contributed by atoms with van der Waals surface area (Å²) in [5.41, 5.74) is 0. The molecule has 0 spiro atoms. The Balaban J connectivity index is 2.24. The van der Waals surface area contributed by atoms with E-state index in [0.29, 0.717) is 18.9 Å². The first-order chi connectivity index (χ1) is 4.84. The van der Waals surface area contributed by atoms with Gasteiger partial charge in [0.2, 0.25) is 0 Å². The van der Waals surface area contributed by atoms with Crippen molar-refractivity contribution < 1.29 is 4.74 Å². The van der Waals surface area contributed by atoms with Gasteiger partial charge in [0.05, 0.1) is 6.10 Å². The SMILES string of the molecule is CNC(C)C1CC[N]CO1. The van der Waals surface area contributed by atoms with Crippen LogP contribution in [0.3, 0.4) is 0 Å². The molecule has 59 valence electrons. The summed E-state index contributed by atoms with van der Waals surface area (Å²) >= 11 is 0. The third-order valence-corrected chi connectivity index (χ3v) is 1.96. The molecule has 10 heavy (non-hydrogen) atoms. The molecule has 1 radical (unpaired) electrons. The van der Waals surface area contributed by atoms with Crippen LogP contribution in [0, 0.1) is 0 Å². The minimum atomic E-state index is 0.363. The molecule has 2 unspecified atom stereocenters. The van der Waals surface area contributed by atoms with E-state index >= 15 is 0 Å². The topological polar surface area (TPSA) is 35.4 Å². The average Bonchev–Trinajstić information content (AvgIpc) is 2.05. The maximum Gasteiger partial charge on any atom is 0.112 e. The van der Waals surface area contributed by atoms with Crippen molar-refractivity contribution in [3.05, 3.63) is 0 Å². The van der Waals surface area contributed by atoms with Crippen LogP contribution in [-0.2, 0) is 4.74 Å². The van der Waals surface area contributed by atoms with E-state index in [-0.39, 0.29) is 0 Å². The fourth-order valence-electron chi connectivity index (χ4n) is 1.10. The molecule has 1 saturated heterocycles. The molecular weight excluding hydrogens is 128 g/mol. The summed E-state index contributed by atoms with van der Waals surface area (Å²) in [5, 5.41) is 7.26. The Labute approximate surface area is 62.1 Å². The molecular formula is C7H15N2O. The predicted octanol–water partition coefficient (Wildman–Crippen LogP) is -0.0549. The van der Waals surface area contributed by atoms with Crippen LogP contribution in [0.15, 0.2) is 0 Å². The molecule has 0 aromatic carbocycles. The number of ether oxygens (including phenoxy) is 1. The van der Waals surface area contributed by atoms with E-state index in [1.165, 1.54) is 0 Å². The van der Waals surface area contributed by atoms with Crippen molar-refractivity contribution in [2.45, 2.75) is 25.5 Å². The first-order valence-corrected chi connectivity index (χ1v) is 3.76. The van der Waals surface area contributed by atoms with Gasteiger partial charge in [-0.2, -0.15) is 0 Å². The maximum atomic E-state index is 5.40. The molecule has 0 amide bonds. The lowest BCUT2D eigenvalue weighted by atomic mass is 10.1. The van der Waals surface area contributed by atoms with Crippen molar-refractivity contribution in [3.8, 4) is 0 Å². The lowest BCUT2D eigenvalue weighted by Gasteiger charge is -2.27. The van der Waals surface area contributed by atoms with Crippen LogP contribution in [0.1, 0.15) is 13.3 Å². The fourth-order valence-corrected chi connectivity index (χ4v) is 1.10. The summed E-state index contributed by atoms with van der Waals surface area (Å²) in [7, 11) is 1.96. The Morgan fingerprint density at radius 3 is 3.00 bits per heavy atom. The molecule has 0 aromatic rings. The summed E-state index contributed by atoms with van der Waals surface area (Å²) in [6.07, 6.45) is 1.42. The molecule has 1 fully saturated rings. The highest BCUT2D eigenvalue weighted by atomic mass is 16.5. The van der Waals surface area contributed by atoms with Gasteiger partial charge >= 0.3 is 0 Å². The molecule has 3 heteroatoms. The monoisotopic (exact) mass is 143 g/mol. The van der Waals surface area contributed by atoms with E-state index in [1.54, 1.807) is 0 Å². The lowest BCUT2D eigenvalue weighted by Crippen LogP contribution is -2.42. The molecule has 1 heterocycles. The third kappa shape index (κ3) is 1.94. The second-order valence-corrected chi connectivity index (χ2v) is 2.65. The number of hydrogen-bond acceptors (Lipinski definition) is 2. The van der Waals surface area contributed by atoms with Crippen molar-refractivity contribution in [2.24, 2.45) is 0 Å². The average molecular weight is 143 g/mol. The Morgan fingerprint density at radius 2 is 2.50 bits per heavy atom. The minimum Gasteiger partial charge on any atom is -0.360 e. The molecule has 2 atom stereocenters. The van der Waals surface area contributed by atoms with Crippen LogP contribution in [0.4, 0.5) is 0 Å². The first-order valence-electron chi connectivity index (χ1n) is 3.76. The molecule has 0 aliphatic carbocycles. The van der Waals surface area contributed by atoms with Gasteiger partial charge in [0, 0.05) is 12.6 Å². The molecule has 1 rings (SSSR count). The molecule has 0 saturated carbocycles. The van der Waals surface area contributed by atoms with Crippen molar-refractivity contribution in [3.63, 3.8) is 0 Å². The minimum absolute atomic E-state index is 0.363. The Bertz CT molecular complexity index is 91.6. The smallest absolute Gasteiger partial charge is 0.112 e. The molecule has 0 bridgehead atoms. The summed E-state index contributed by atoms with van der Waals surface area (Å²) in [6, 6.07) is 0.454. The van der Waals surface area contributed by atoms with Gasteiger partial charge in [0.15, 0.2) is 0 Å². The summed E-state index contributed by atoms with van der Waals surface area (Å²) in [4.78, 5) is 0. The molecule has 1 aliphatic rings. The number of hydrogen-bond donors (Lipinski definition) is 1. The van der Waals surface area contributed by atoms with Gasteiger partial charge in [-0.3, -0.25) is 0 Å². The first kappa shape index (κ1) is 7.98. The zero-order valence-electron chi connectivity index (χ0n) is 6.63. The fraction of sp³-hybridized carbons (Fsp3) is 1.00. The van der Waals surface area contributed by atoms with Crippen molar-refractivity contribution in [2.75, 3.05) is 20.3 Å². The van der Waals surface area contributed by atoms with Crippen LogP contribution in [0.2, 0.25) is 0 Å². The normalized spacial score (nSPS) is 30.0. The van der Waals surface area contributed by atoms with Crippen LogP contribution in [0.25, 0.3) is 0 Å². The number of rotatable bonds is 2. The second kappa shape index (κ2) is 3.91. The Morgan fingerprint density at radius 1 is 1.70 bits per heavy atom. The highest BCUT2D eigenvalue weighted by molar-refractivity contribution is 4.73. The van der Waals surface area contributed by atoms with Gasteiger partial charge in [-0.15, -0.1) is 0 Å². The highest BCUT2D eigenvalue weighted by Gasteiger charge is 2.18. The van der Waals surface area contributed by atoms with Crippen molar-refractivity contribution in [1.82, 2.24) is 10.6 Å². The third-order valence-electron chi connectivity index (χ3n) is 1.96. The van der Waals surface area contributed by atoms with E-state index in [4.69, 9.17) is 4.74 Å². The zero-order chi connectivity index (χ0) is 7.40. The van der Waals surface area contributed by atoms with Crippen LogP contribution < -0.4 is 10.6 Å². The van der Waals surface area contributed by atoms with Gasteiger partial charge in [-0.25, -0.2) is 5.32 Å². The second-order valence-electron chi connectivity index (χ2n) is 2.65. The summed E-state index contributed by atoms with van der Waals surface area (Å²) < 4.78 is 5.40. The Kier molecular flexibility index (Phi) is 3.12. The van der Waals surface area contributed by atoms with E-state index in [9.17, 15) is 0 Å². The summed E-state index contributed by atoms with van der Waals surface area (Å²) in [5.74, 6) is 0. The quantitative estimate of drug-likeness (QED) is 0.588. The van der Waals surface area contributed by atoms with Crippen molar-refractivity contribution in [1.29, 1.82) is 0 Å². The summed E-state index contributed by atoms with van der Waals surface area (Å²) in [6.45, 7) is 3.67. The van der Waals surface area contributed by atoms with Gasteiger partial charge in [0.25, 0.3) is 0 Å². The zero-order valence-corrected chi connectivity index (χ0v) is 6.63. The van der Waals surface area contributed by atoms with E-state index in [0.717, 1.165) is 13.0 Å². The predicted molar refractivity (Wildman–Crippen MR) is 39.9 cm³/mol. The molecule has 1 aliphatic heterocycles. The van der Waals surface area contributed by atoms with Crippen LogP contribution >= 0.6 is 0 Å². The van der Waals surface area contributed by atoms with Gasteiger partial charge in [0.1, 0.15) is 6.73 Å². The molecule has 0 aromatic heterocycles.